The molecule has 0 fully saturated rings. The van der Waals surface area contributed by atoms with E-state index >= 15 is 0 Å². The predicted molar refractivity (Wildman–Crippen MR) is 61.6 cm³/mol. The van der Waals surface area contributed by atoms with E-state index in [2.05, 4.69) is 16.9 Å². The molecule has 0 aliphatic heterocycles. The van der Waals surface area contributed by atoms with Gasteiger partial charge in [0.2, 0.25) is 10.0 Å². The van der Waals surface area contributed by atoms with Crippen LogP contribution in [0.25, 0.3) is 0 Å². The predicted octanol–water partition coefficient (Wildman–Crippen LogP) is -0.0566. The average molecular weight is 242 g/mol. The summed E-state index contributed by atoms with van der Waals surface area (Å²) in [6.45, 7) is 1.80. The van der Waals surface area contributed by atoms with E-state index in [1.807, 2.05) is 6.26 Å². The molecular formula is C6H14N2O2S3. The summed E-state index contributed by atoms with van der Waals surface area (Å²) in [5.74, 6) is 0.456. The van der Waals surface area contributed by atoms with Crippen LogP contribution in [0.3, 0.4) is 0 Å². The molecule has 78 valence electrons. The van der Waals surface area contributed by atoms with Crippen molar-refractivity contribution >= 4 is 39.0 Å². The van der Waals surface area contributed by atoms with Crippen LogP contribution >= 0.6 is 24.0 Å². The molecule has 0 aromatic heterocycles. The monoisotopic (exact) mass is 242 g/mol. The molecule has 0 aliphatic carbocycles. The van der Waals surface area contributed by atoms with Crippen LogP contribution in [0.5, 0.6) is 0 Å². The molecule has 3 N–H and O–H groups in total. The summed E-state index contributed by atoms with van der Waals surface area (Å²) in [6, 6.07) is -0.0886. The van der Waals surface area contributed by atoms with Gasteiger partial charge in [-0.2, -0.15) is 11.8 Å². The Kier molecular flexibility index (Phi) is 5.86. The molecule has 0 amide bonds. The van der Waals surface area contributed by atoms with Crippen LogP contribution in [0.2, 0.25) is 0 Å². The second-order valence-corrected chi connectivity index (χ2v) is 5.89. The van der Waals surface area contributed by atoms with Gasteiger partial charge in [-0.05, 0) is 13.2 Å². The molecule has 0 rings (SSSR count). The Bertz CT molecular complexity index is 263. The normalized spacial score (nSPS) is 14.0. The molecule has 13 heavy (non-hydrogen) atoms. The lowest BCUT2D eigenvalue weighted by Crippen LogP contribution is -2.38. The number of nitrogens with two attached hydrogens (primary N) is 1. The molecule has 4 nitrogen and oxygen atoms in total. The molecule has 1 atom stereocenters. The second kappa shape index (κ2) is 5.79. The van der Waals surface area contributed by atoms with Crippen LogP contribution in [0, 0.1) is 0 Å². The van der Waals surface area contributed by atoms with E-state index in [-0.39, 0.29) is 16.8 Å². The maximum atomic E-state index is 11.2. The quantitative estimate of drug-likeness (QED) is 0.639. The number of hydrogen-bond acceptors (Lipinski definition) is 4. The Hall–Kier alpha value is 0.150. The van der Waals surface area contributed by atoms with Crippen LogP contribution in [0.4, 0.5) is 0 Å². The van der Waals surface area contributed by atoms with E-state index < -0.39 is 10.0 Å². The van der Waals surface area contributed by atoms with Crippen molar-refractivity contribution in [3.05, 3.63) is 0 Å². The van der Waals surface area contributed by atoms with E-state index in [4.69, 9.17) is 5.73 Å². The summed E-state index contributed by atoms with van der Waals surface area (Å²) in [6.07, 6.45) is 1.92. The maximum absolute atomic E-state index is 11.2. The van der Waals surface area contributed by atoms with Crippen molar-refractivity contribution < 1.29 is 8.42 Å². The SMILES string of the molecule is CSCC(C)NS(=O)(=O)CC(N)=S. The third kappa shape index (κ3) is 7.24. The van der Waals surface area contributed by atoms with Crippen molar-refractivity contribution in [3.8, 4) is 0 Å². The van der Waals surface area contributed by atoms with Gasteiger partial charge >= 0.3 is 0 Å². The van der Waals surface area contributed by atoms with Crippen molar-refractivity contribution in [1.82, 2.24) is 4.72 Å². The lowest BCUT2D eigenvalue weighted by Gasteiger charge is -2.11. The Labute approximate surface area is 88.7 Å². The molecule has 0 aromatic rings. The Morgan fingerprint density at radius 2 is 2.23 bits per heavy atom. The van der Waals surface area contributed by atoms with Crippen molar-refractivity contribution in [2.75, 3.05) is 17.8 Å². The van der Waals surface area contributed by atoms with Gasteiger partial charge < -0.3 is 5.73 Å². The molecule has 0 saturated heterocycles. The minimum Gasteiger partial charge on any atom is -0.392 e. The first-order chi connectivity index (χ1) is 5.87. The van der Waals surface area contributed by atoms with E-state index in [0.29, 0.717) is 0 Å². The molecule has 1 unspecified atom stereocenters. The first-order valence-corrected chi connectivity index (χ1v) is 7.10. The highest BCUT2D eigenvalue weighted by atomic mass is 32.2. The summed E-state index contributed by atoms with van der Waals surface area (Å²) in [7, 11) is -3.33. The highest BCUT2D eigenvalue weighted by Gasteiger charge is 2.14. The lowest BCUT2D eigenvalue weighted by molar-refractivity contribution is 0.575. The number of thiocarbonyl (C=S) groups is 1. The highest BCUT2D eigenvalue weighted by Crippen LogP contribution is 1.98. The number of hydrogen-bond donors (Lipinski definition) is 2. The van der Waals surface area contributed by atoms with Gasteiger partial charge in [-0.25, -0.2) is 13.1 Å². The van der Waals surface area contributed by atoms with E-state index in [9.17, 15) is 8.42 Å². The molecular weight excluding hydrogens is 228 g/mol. The molecule has 0 radical (unpaired) electrons. The van der Waals surface area contributed by atoms with Gasteiger partial charge in [0.1, 0.15) is 5.75 Å². The summed E-state index contributed by atoms with van der Waals surface area (Å²) < 4.78 is 24.9. The van der Waals surface area contributed by atoms with Crippen LogP contribution in [0.1, 0.15) is 6.92 Å². The standard InChI is InChI=1S/C6H14N2O2S3/c1-5(3-12-2)8-13(9,10)4-6(7)11/h5,8H,3-4H2,1-2H3,(H2,7,11). The second-order valence-electron chi connectivity index (χ2n) is 2.70. The van der Waals surface area contributed by atoms with E-state index in [1.54, 1.807) is 18.7 Å². The lowest BCUT2D eigenvalue weighted by atomic mass is 10.4. The minimum absolute atomic E-state index is 0.0103. The van der Waals surface area contributed by atoms with Crippen molar-refractivity contribution in [2.24, 2.45) is 5.73 Å². The van der Waals surface area contributed by atoms with Gasteiger partial charge in [0.25, 0.3) is 0 Å². The maximum Gasteiger partial charge on any atom is 0.218 e. The largest absolute Gasteiger partial charge is 0.392 e. The fourth-order valence-corrected chi connectivity index (χ4v) is 3.13. The average Bonchev–Trinajstić information content (AvgIpc) is 1.81. The smallest absolute Gasteiger partial charge is 0.218 e. The van der Waals surface area contributed by atoms with Crippen LogP contribution in [0.15, 0.2) is 0 Å². The molecule has 0 aromatic carbocycles. The van der Waals surface area contributed by atoms with Crippen LogP contribution in [-0.2, 0) is 10.0 Å². The zero-order chi connectivity index (χ0) is 10.5. The summed E-state index contributed by atoms with van der Waals surface area (Å²) in [5, 5.41) is 0. The molecule has 0 bridgehead atoms. The molecule has 0 spiro atoms. The fourth-order valence-electron chi connectivity index (χ4n) is 0.819. The van der Waals surface area contributed by atoms with Crippen molar-refractivity contribution in [3.63, 3.8) is 0 Å². The van der Waals surface area contributed by atoms with Crippen molar-refractivity contribution in [1.29, 1.82) is 0 Å². The first-order valence-electron chi connectivity index (χ1n) is 3.64. The topological polar surface area (TPSA) is 72.2 Å². The highest BCUT2D eigenvalue weighted by molar-refractivity contribution is 7.98. The summed E-state index contributed by atoms with van der Waals surface area (Å²) in [4.78, 5) is -0.0103. The molecule has 0 saturated carbocycles. The Morgan fingerprint density at radius 1 is 1.69 bits per heavy atom. The van der Waals surface area contributed by atoms with Crippen LogP contribution in [-0.4, -0.2) is 37.2 Å². The van der Waals surface area contributed by atoms with Crippen molar-refractivity contribution in [2.45, 2.75) is 13.0 Å². The van der Waals surface area contributed by atoms with Crippen LogP contribution < -0.4 is 10.5 Å². The fraction of sp³-hybridized carbons (Fsp3) is 0.833. The van der Waals surface area contributed by atoms with Gasteiger partial charge in [0.15, 0.2) is 0 Å². The van der Waals surface area contributed by atoms with Gasteiger partial charge in [0, 0.05) is 11.8 Å². The number of nitrogens with one attached hydrogen (secondary N) is 1. The van der Waals surface area contributed by atoms with Gasteiger partial charge in [-0.3, -0.25) is 0 Å². The minimum atomic E-state index is -3.33. The van der Waals surface area contributed by atoms with Gasteiger partial charge in [-0.15, -0.1) is 0 Å². The molecule has 0 aliphatic rings. The Balaban J connectivity index is 4.10. The van der Waals surface area contributed by atoms with E-state index in [1.165, 1.54) is 0 Å². The third-order valence-electron chi connectivity index (χ3n) is 1.13. The zero-order valence-electron chi connectivity index (χ0n) is 7.61. The molecule has 7 heteroatoms. The van der Waals surface area contributed by atoms with E-state index in [0.717, 1.165) is 5.75 Å². The summed E-state index contributed by atoms with van der Waals surface area (Å²) in [5.41, 5.74) is 5.14. The third-order valence-corrected chi connectivity index (χ3v) is 3.74. The summed E-state index contributed by atoms with van der Waals surface area (Å²) >= 11 is 6.09. The van der Waals surface area contributed by atoms with Gasteiger partial charge in [0.05, 0.1) is 4.99 Å². The Morgan fingerprint density at radius 3 is 2.62 bits per heavy atom. The number of rotatable bonds is 6. The van der Waals surface area contributed by atoms with Gasteiger partial charge in [-0.1, -0.05) is 12.2 Å². The molecule has 0 heterocycles. The zero-order valence-corrected chi connectivity index (χ0v) is 10.1. The first kappa shape index (κ1) is 13.2. The number of thioether (sulfide) groups is 1. The number of sulfonamides is 1.